The molecule has 0 saturated carbocycles. The number of aliphatic hydroxyl groups is 1. The molecular weight excluding hydrogens is 268 g/mol. The first-order chi connectivity index (χ1) is 10.1. The van der Waals surface area contributed by atoms with Crippen molar-refractivity contribution in [2.45, 2.75) is 12.5 Å². The van der Waals surface area contributed by atoms with Gasteiger partial charge in [0.25, 0.3) is 5.91 Å². The van der Waals surface area contributed by atoms with Gasteiger partial charge in [-0.05, 0) is 24.1 Å². The smallest absolute Gasteiger partial charge is 0.272 e. The number of hydrogen-bond donors (Lipinski definition) is 1. The van der Waals surface area contributed by atoms with E-state index in [-0.39, 0.29) is 11.8 Å². The van der Waals surface area contributed by atoms with E-state index in [1.54, 1.807) is 41.4 Å². The van der Waals surface area contributed by atoms with E-state index in [4.69, 9.17) is 0 Å². The summed E-state index contributed by atoms with van der Waals surface area (Å²) in [5, 5.41) is 10.2. The molecule has 0 aliphatic carbocycles. The van der Waals surface area contributed by atoms with Crippen LogP contribution in [0.3, 0.4) is 0 Å². The van der Waals surface area contributed by atoms with Crippen LogP contribution in [0.25, 0.3) is 0 Å². The van der Waals surface area contributed by atoms with E-state index in [1.165, 1.54) is 0 Å². The van der Waals surface area contributed by atoms with Crippen molar-refractivity contribution in [2.75, 3.05) is 13.1 Å². The van der Waals surface area contributed by atoms with Gasteiger partial charge in [-0.25, -0.2) is 4.98 Å². The van der Waals surface area contributed by atoms with Gasteiger partial charge >= 0.3 is 0 Å². The maximum absolute atomic E-state index is 12.4. The largest absolute Gasteiger partial charge is 0.391 e. The Balaban J connectivity index is 1.69. The zero-order valence-corrected chi connectivity index (χ0v) is 11.9. The molecule has 1 aliphatic heterocycles. The lowest BCUT2D eigenvalue weighted by molar-refractivity contribution is 0.0755. The van der Waals surface area contributed by atoms with Gasteiger partial charge in [0, 0.05) is 38.4 Å². The number of carbonyl (C=O) groups is 1. The van der Waals surface area contributed by atoms with E-state index in [1.807, 2.05) is 12.1 Å². The lowest BCUT2D eigenvalue weighted by Crippen LogP contribution is -2.30. The number of likely N-dealkylation sites (tertiary alicyclic amines) is 1. The summed E-state index contributed by atoms with van der Waals surface area (Å²) in [5.74, 6) is -0.0177. The fourth-order valence-electron chi connectivity index (χ4n) is 2.77. The zero-order valence-electron chi connectivity index (χ0n) is 11.9. The van der Waals surface area contributed by atoms with Gasteiger partial charge in [0.2, 0.25) is 0 Å². The molecule has 0 aromatic carbocycles. The number of hydrogen-bond acceptors (Lipinski definition) is 4. The number of rotatable bonds is 3. The summed E-state index contributed by atoms with van der Waals surface area (Å²) in [5.41, 5.74) is 1.68. The van der Waals surface area contributed by atoms with Gasteiger partial charge in [0.15, 0.2) is 0 Å². The van der Waals surface area contributed by atoms with Crippen LogP contribution in [0.1, 0.15) is 16.1 Å². The Bertz CT molecular complexity index is 626. The van der Waals surface area contributed by atoms with Crippen molar-refractivity contribution in [3.05, 3.63) is 48.3 Å². The van der Waals surface area contributed by atoms with Crippen molar-refractivity contribution in [3.8, 4) is 0 Å². The third kappa shape index (κ3) is 2.80. The monoisotopic (exact) mass is 286 g/mol. The SMILES string of the molecule is Cn1cncc1C(=O)N1C[C@@H](Cc2ccncc2)[C@H](O)C1. The highest BCUT2D eigenvalue weighted by Gasteiger charge is 2.35. The van der Waals surface area contributed by atoms with Gasteiger partial charge in [0.05, 0.1) is 18.6 Å². The highest BCUT2D eigenvalue weighted by molar-refractivity contribution is 5.92. The van der Waals surface area contributed by atoms with Crippen molar-refractivity contribution in [1.29, 1.82) is 0 Å². The van der Waals surface area contributed by atoms with E-state index in [2.05, 4.69) is 9.97 Å². The molecule has 1 amide bonds. The van der Waals surface area contributed by atoms with Crippen molar-refractivity contribution >= 4 is 5.91 Å². The summed E-state index contributed by atoms with van der Waals surface area (Å²) in [4.78, 5) is 22.1. The number of amides is 1. The van der Waals surface area contributed by atoms with Crippen LogP contribution in [0.15, 0.2) is 37.1 Å². The first-order valence-corrected chi connectivity index (χ1v) is 6.97. The number of imidazole rings is 1. The van der Waals surface area contributed by atoms with Gasteiger partial charge in [-0.3, -0.25) is 9.78 Å². The van der Waals surface area contributed by atoms with Crippen molar-refractivity contribution in [1.82, 2.24) is 19.4 Å². The van der Waals surface area contributed by atoms with Gasteiger partial charge < -0.3 is 14.6 Å². The molecule has 1 aliphatic rings. The molecule has 0 radical (unpaired) electrons. The molecule has 110 valence electrons. The maximum Gasteiger partial charge on any atom is 0.272 e. The predicted molar refractivity (Wildman–Crippen MR) is 76.5 cm³/mol. The number of aryl methyl sites for hydroxylation is 1. The number of β-amino-alcohol motifs (C(OH)–C–C–N with tert-alkyl or cyclic N) is 1. The van der Waals surface area contributed by atoms with Crippen molar-refractivity contribution in [3.63, 3.8) is 0 Å². The second kappa shape index (κ2) is 5.65. The second-order valence-electron chi connectivity index (χ2n) is 5.49. The van der Waals surface area contributed by atoms with Crippen LogP contribution in [0.2, 0.25) is 0 Å². The minimum absolute atomic E-state index is 0.0598. The number of pyridine rings is 1. The summed E-state index contributed by atoms with van der Waals surface area (Å²) < 4.78 is 1.70. The third-order valence-electron chi connectivity index (χ3n) is 3.98. The summed E-state index contributed by atoms with van der Waals surface area (Å²) in [7, 11) is 1.79. The van der Waals surface area contributed by atoms with Crippen LogP contribution in [0, 0.1) is 5.92 Å². The molecule has 6 nitrogen and oxygen atoms in total. The Labute approximate surface area is 123 Å². The van der Waals surface area contributed by atoms with Crippen LogP contribution >= 0.6 is 0 Å². The average Bonchev–Trinajstić information content (AvgIpc) is 3.06. The third-order valence-corrected chi connectivity index (χ3v) is 3.98. The maximum atomic E-state index is 12.4. The molecule has 2 atom stereocenters. The Kier molecular flexibility index (Phi) is 3.70. The van der Waals surface area contributed by atoms with Gasteiger partial charge in [-0.2, -0.15) is 0 Å². The molecule has 0 bridgehead atoms. The van der Waals surface area contributed by atoms with E-state index in [0.29, 0.717) is 18.8 Å². The molecule has 6 heteroatoms. The minimum Gasteiger partial charge on any atom is -0.391 e. The van der Waals surface area contributed by atoms with Crippen LogP contribution in [-0.4, -0.2) is 49.6 Å². The Morgan fingerprint density at radius 3 is 2.76 bits per heavy atom. The normalized spacial score (nSPS) is 21.7. The first-order valence-electron chi connectivity index (χ1n) is 6.97. The Hall–Kier alpha value is -2.21. The highest BCUT2D eigenvalue weighted by atomic mass is 16.3. The number of carbonyl (C=O) groups excluding carboxylic acids is 1. The van der Waals surface area contributed by atoms with Crippen LogP contribution < -0.4 is 0 Å². The molecule has 2 aromatic heterocycles. The van der Waals surface area contributed by atoms with Crippen molar-refractivity contribution in [2.24, 2.45) is 13.0 Å². The lowest BCUT2D eigenvalue weighted by atomic mass is 9.97. The van der Waals surface area contributed by atoms with E-state index < -0.39 is 6.10 Å². The van der Waals surface area contributed by atoms with Gasteiger partial charge in [0.1, 0.15) is 5.69 Å². The molecule has 1 fully saturated rings. The molecule has 0 spiro atoms. The zero-order chi connectivity index (χ0) is 14.8. The molecule has 0 unspecified atom stereocenters. The topological polar surface area (TPSA) is 71.2 Å². The van der Waals surface area contributed by atoms with Crippen molar-refractivity contribution < 1.29 is 9.90 Å². The molecule has 3 heterocycles. The van der Waals surface area contributed by atoms with E-state index in [0.717, 1.165) is 12.0 Å². The molecule has 21 heavy (non-hydrogen) atoms. The van der Waals surface area contributed by atoms with Gasteiger partial charge in [-0.1, -0.05) is 0 Å². The molecular formula is C15H18N4O2. The minimum atomic E-state index is -0.490. The van der Waals surface area contributed by atoms with E-state index >= 15 is 0 Å². The van der Waals surface area contributed by atoms with Crippen LogP contribution in [0.4, 0.5) is 0 Å². The lowest BCUT2D eigenvalue weighted by Gasteiger charge is -2.16. The highest BCUT2D eigenvalue weighted by Crippen LogP contribution is 2.22. The number of nitrogens with zero attached hydrogens (tertiary/aromatic N) is 4. The van der Waals surface area contributed by atoms with Crippen LogP contribution in [-0.2, 0) is 13.5 Å². The summed E-state index contributed by atoms with van der Waals surface area (Å²) >= 11 is 0. The average molecular weight is 286 g/mol. The number of aliphatic hydroxyl groups excluding tert-OH is 1. The summed E-state index contributed by atoms with van der Waals surface area (Å²) in [6.45, 7) is 0.938. The summed E-state index contributed by atoms with van der Waals surface area (Å²) in [6.07, 6.45) is 6.91. The Morgan fingerprint density at radius 2 is 2.10 bits per heavy atom. The fraction of sp³-hybridized carbons (Fsp3) is 0.400. The standard InChI is InChI=1S/C15H18N4O2/c1-18-10-17-7-13(18)15(21)19-8-12(14(20)9-19)6-11-2-4-16-5-3-11/h2-5,7,10,12,14,20H,6,8-9H2,1H3/t12-,14-/m1/s1. The Morgan fingerprint density at radius 1 is 1.33 bits per heavy atom. The quantitative estimate of drug-likeness (QED) is 0.891. The van der Waals surface area contributed by atoms with Gasteiger partial charge in [-0.15, -0.1) is 0 Å². The molecule has 1 N–H and O–H groups in total. The summed E-state index contributed by atoms with van der Waals surface area (Å²) in [6, 6.07) is 3.89. The van der Waals surface area contributed by atoms with Crippen LogP contribution in [0.5, 0.6) is 0 Å². The van der Waals surface area contributed by atoms with E-state index in [9.17, 15) is 9.90 Å². The second-order valence-corrected chi connectivity index (χ2v) is 5.49. The molecule has 1 saturated heterocycles. The fourth-order valence-corrected chi connectivity index (χ4v) is 2.77. The first kappa shape index (κ1) is 13.8. The number of aromatic nitrogens is 3. The molecule has 3 rings (SSSR count). The molecule has 2 aromatic rings. The predicted octanol–water partition coefficient (Wildman–Crippen LogP) is 0.491.